The lowest BCUT2D eigenvalue weighted by molar-refractivity contribution is -0.163. The van der Waals surface area contributed by atoms with Gasteiger partial charge in [0.15, 0.2) is 6.10 Å². The van der Waals surface area contributed by atoms with Crippen molar-refractivity contribution in [3.05, 3.63) is 97.2 Å². The maximum Gasteiger partial charge on any atom is 0.306 e. The predicted molar refractivity (Wildman–Crippen MR) is 270 cm³/mol. The van der Waals surface area contributed by atoms with Gasteiger partial charge in [-0.15, -0.1) is 0 Å². The molecule has 0 aliphatic heterocycles. The molecule has 0 saturated heterocycles. The summed E-state index contributed by atoms with van der Waals surface area (Å²) in [4.78, 5) is 25.3. The van der Waals surface area contributed by atoms with Crippen LogP contribution in [0.2, 0.25) is 0 Å². The van der Waals surface area contributed by atoms with Gasteiger partial charge in [0.25, 0.3) is 0 Å². The van der Waals surface area contributed by atoms with E-state index in [-0.39, 0.29) is 25.2 Å². The zero-order valence-corrected chi connectivity index (χ0v) is 40.6. The first-order chi connectivity index (χ1) is 30.6. The van der Waals surface area contributed by atoms with Gasteiger partial charge in [0.2, 0.25) is 0 Å². The second-order valence-corrected chi connectivity index (χ2v) is 16.7. The van der Waals surface area contributed by atoms with Crippen LogP contribution in [0.1, 0.15) is 226 Å². The summed E-state index contributed by atoms with van der Waals surface area (Å²) in [5.74, 6) is -0.428. The Hall–Kier alpha value is -3.18. The quantitative estimate of drug-likeness (QED) is 0.0347. The van der Waals surface area contributed by atoms with E-state index in [1.807, 2.05) is 0 Å². The molecular weight excluding hydrogens is 765 g/mol. The molecule has 0 saturated carbocycles. The van der Waals surface area contributed by atoms with E-state index in [0.717, 1.165) is 109 Å². The first-order valence-electron chi connectivity index (χ1n) is 25.8. The van der Waals surface area contributed by atoms with E-state index in [9.17, 15) is 9.59 Å². The van der Waals surface area contributed by atoms with Gasteiger partial charge in [-0.1, -0.05) is 214 Å². The number of esters is 2. The highest BCUT2D eigenvalue weighted by molar-refractivity contribution is 5.70. The summed E-state index contributed by atoms with van der Waals surface area (Å²) in [7, 11) is 0. The summed E-state index contributed by atoms with van der Waals surface area (Å²) in [6, 6.07) is 0. The Morgan fingerprint density at radius 3 is 1.16 bits per heavy atom. The fourth-order valence-corrected chi connectivity index (χ4v) is 6.84. The SMILES string of the molecule is CC/C=C\C/C=C\C/C=C\C/C=C\CCCCCCCCCOCC(COC(=O)CCCCCCCC/C=C\C/C=C\C/C=C\C/C=C\CC)OC(=O)CCCCCCCCC. The molecule has 354 valence electrons. The van der Waals surface area contributed by atoms with E-state index in [0.29, 0.717) is 19.4 Å². The molecule has 0 rings (SSSR count). The summed E-state index contributed by atoms with van der Waals surface area (Å²) in [5, 5.41) is 0. The van der Waals surface area contributed by atoms with Gasteiger partial charge in [-0.2, -0.15) is 0 Å². The summed E-state index contributed by atoms with van der Waals surface area (Å²) in [6.07, 6.45) is 70.0. The minimum atomic E-state index is -0.550. The lowest BCUT2D eigenvalue weighted by Gasteiger charge is -2.18. The Morgan fingerprint density at radius 1 is 0.371 bits per heavy atom. The van der Waals surface area contributed by atoms with E-state index in [1.165, 1.54) is 83.5 Å². The van der Waals surface area contributed by atoms with Gasteiger partial charge in [-0.05, 0) is 96.3 Å². The fraction of sp³-hybridized carbons (Fsp3) is 0.684. The maximum atomic E-state index is 12.7. The van der Waals surface area contributed by atoms with E-state index in [1.54, 1.807) is 0 Å². The van der Waals surface area contributed by atoms with Crippen molar-refractivity contribution in [2.45, 2.75) is 232 Å². The number of hydrogen-bond acceptors (Lipinski definition) is 5. The van der Waals surface area contributed by atoms with Crippen molar-refractivity contribution >= 4 is 11.9 Å². The minimum absolute atomic E-state index is 0.0692. The molecule has 0 aromatic heterocycles. The van der Waals surface area contributed by atoms with Crippen molar-refractivity contribution in [3.63, 3.8) is 0 Å². The standard InChI is InChI=1S/C57H96O5/c1-4-7-10-13-16-18-20-22-24-26-28-30-32-34-36-38-40-43-46-49-52-60-53-55(62-57(59)51-48-45-41-15-12-9-6-3)54-61-56(58)50-47-44-42-39-37-35-33-31-29-27-25-23-21-19-17-14-11-8-5-2/h7-8,10-11,16-19,22-25,28-31,55H,4-6,9,12-15,20-21,26-27,32-54H2,1-3H3/b10-7-,11-8-,18-16-,19-17-,24-22-,25-23-,30-28-,31-29-. The van der Waals surface area contributed by atoms with Crippen LogP contribution < -0.4 is 0 Å². The number of rotatable bonds is 46. The molecule has 0 radical (unpaired) electrons. The first kappa shape index (κ1) is 58.8. The molecule has 0 aromatic carbocycles. The van der Waals surface area contributed by atoms with Crippen LogP contribution in [0.3, 0.4) is 0 Å². The smallest absolute Gasteiger partial charge is 0.306 e. The Morgan fingerprint density at radius 2 is 0.726 bits per heavy atom. The summed E-state index contributed by atoms with van der Waals surface area (Å²) in [6.45, 7) is 7.53. The van der Waals surface area contributed by atoms with E-state index < -0.39 is 6.10 Å². The van der Waals surface area contributed by atoms with Gasteiger partial charge in [0.1, 0.15) is 6.61 Å². The van der Waals surface area contributed by atoms with Crippen LogP contribution in [0.5, 0.6) is 0 Å². The third-order valence-corrected chi connectivity index (χ3v) is 10.6. The molecule has 5 nitrogen and oxygen atoms in total. The Balaban J connectivity index is 4.17. The van der Waals surface area contributed by atoms with Crippen LogP contribution in [0.15, 0.2) is 97.2 Å². The Kier molecular flexibility index (Phi) is 49.5. The van der Waals surface area contributed by atoms with Gasteiger partial charge in [-0.3, -0.25) is 9.59 Å². The number of unbranched alkanes of at least 4 members (excludes halogenated alkanes) is 19. The Labute approximate surface area is 383 Å². The van der Waals surface area contributed by atoms with E-state index >= 15 is 0 Å². The first-order valence-corrected chi connectivity index (χ1v) is 25.8. The van der Waals surface area contributed by atoms with Crippen molar-refractivity contribution in [1.82, 2.24) is 0 Å². The maximum absolute atomic E-state index is 12.7. The number of hydrogen-bond donors (Lipinski definition) is 0. The summed E-state index contributed by atoms with van der Waals surface area (Å²) >= 11 is 0. The van der Waals surface area contributed by atoms with E-state index in [4.69, 9.17) is 14.2 Å². The number of carbonyl (C=O) groups is 2. The lowest BCUT2D eigenvalue weighted by Crippen LogP contribution is -2.30. The zero-order chi connectivity index (χ0) is 44.9. The minimum Gasteiger partial charge on any atom is -0.462 e. The van der Waals surface area contributed by atoms with Gasteiger partial charge in [0, 0.05) is 19.4 Å². The topological polar surface area (TPSA) is 61.8 Å². The number of ether oxygens (including phenoxy) is 3. The van der Waals surface area contributed by atoms with Crippen molar-refractivity contribution in [3.8, 4) is 0 Å². The number of allylic oxidation sites excluding steroid dienone is 16. The summed E-state index contributed by atoms with van der Waals surface area (Å²) in [5.41, 5.74) is 0. The number of carbonyl (C=O) groups excluding carboxylic acids is 2. The molecule has 0 N–H and O–H groups in total. The van der Waals surface area contributed by atoms with Gasteiger partial charge in [-0.25, -0.2) is 0 Å². The van der Waals surface area contributed by atoms with E-state index in [2.05, 4.69) is 118 Å². The van der Waals surface area contributed by atoms with Crippen LogP contribution >= 0.6 is 0 Å². The summed E-state index contributed by atoms with van der Waals surface area (Å²) < 4.78 is 17.3. The van der Waals surface area contributed by atoms with Gasteiger partial charge < -0.3 is 14.2 Å². The Bertz CT molecular complexity index is 1200. The normalized spacial score (nSPS) is 13.0. The fourth-order valence-electron chi connectivity index (χ4n) is 6.84. The molecule has 0 spiro atoms. The molecule has 0 aromatic rings. The lowest BCUT2D eigenvalue weighted by atomic mass is 10.1. The molecule has 0 aliphatic rings. The largest absolute Gasteiger partial charge is 0.462 e. The third kappa shape index (κ3) is 49.5. The highest BCUT2D eigenvalue weighted by atomic mass is 16.6. The molecule has 5 heteroatoms. The monoisotopic (exact) mass is 861 g/mol. The molecule has 1 unspecified atom stereocenters. The zero-order valence-electron chi connectivity index (χ0n) is 40.6. The third-order valence-electron chi connectivity index (χ3n) is 10.6. The van der Waals surface area contributed by atoms with Gasteiger partial charge in [0.05, 0.1) is 6.61 Å². The molecule has 62 heavy (non-hydrogen) atoms. The molecule has 0 heterocycles. The van der Waals surface area contributed by atoms with Crippen LogP contribution in [0.4, 0.5) is 0 Å². The van der Waals surface area contributed by atoms with Crippen LogP contribution in [-0.2, 0) is 23.8 Å². The molecular formula is C57H96O5. The average molecular weight is 861 g/mol. The van der Waals surface area contributed by atoms with Crippen LogP contribution in [0.25, 0.3) is 0 Å². The average Bonchev–Trinajstić information content (AvgIpc) is 3.27. The molecule has 0 fully saturated rings. The highest BCUT2D eigenvalue weighted by Crippen LogP contribution is 2.13. The van der Waals surface area contributed by atoms with Crippen molar-refractivity contribution in [1.29, 1.82) is 0 Å². The van der Waals surface area contributed by atoms with Crippen molar-refractivity contribution in [2.75, 3.05) is 19.8 Å². The molecule has 1 atom stereocenters. The molecule has 0 amide bonds. The van der Waals surface area contributed by atoms with Crippen molar-refractivity contribution in [2.24, 2.45) is 0 Å². The van der Waals surface area contributed by atoms with Crippen LogP contribution in [0, 0.1) is 0 Å². The highest BCUT2D eigenvalue weighted by Gasteiger charge is 2.17. The van der Waals surface area contributed by atoms with Gasteiger partial charge >= 0.3 is 11.9 Å². The second kappa shape index (κ2) is 52.2. The van der Waals surface area contributed by atoms with Crippen LogP contribution in [-0.4, -0.2) is 37.9 Å². The molecule has 0 aliphatic carbocycles. The molecule has 0 bridgehead atoms. The second-order valence-electron chi connectivity index (χ2n) is 16.7. The predicted octanol–water partition coefficient (Wildman–Crippen LogP) is 17.5. The van der Waals surface area contributed by atoms with Crippen molar-refractivity contribution < 1.29 is 23.8 Å².